The molecular weight excluding hydrogens is 196 g/mol. The molecule has 0 fully saturated rings. The summed E-state index contributed by atoms with van der Waals surface area (Å²) >= 11 is 0. The standard InChI is InChI=1S/C10H16N2O3/c1-10(2,3)6-15-8-7(9(13)14)5-11-12(8)4/h5H,6H2,1-4H3,(H,13,14). The van der Waals surface area contributed by atoms with Gasteiger partial charge in [-0.3, -0.25) is 0 Å². The summed E-state index contributed by atoms with van der Waals surface area (Å²) in [4.78, 5) is 10.8. The third kappa shape index (κ3) is 2.97. The number of hydrogen-bond acceptors (Lipinski definition) is 3. The van der Waals surface area contributed by atoms with Crippen LogP contribution in [0.2, 0.25) is 0 Å². The fourth-order valence-electron chi connectivity index (χ4n) is 1.03. The van der Waals surface area contributed by atoms with Crippen molar-refractivity contribution < 1.29 is 14.6 Å². The summed E-state index contributed by atoms with van der Waals surface area (Å²) < 4.78 is 6.88. The first kappa shape index (κ1) is 11.6. The molecule has 0 spiro atoms. The minimum atomic E-state index is -1.02. The average Bonchev–Trinajstić information content (AvgIpc) is 2.42. The zero-order valence-electron chi connectivity index (χ0n) is 9.44. The molecule has 0 bridgehead atoms. The second kappa shape index (κ2) is 3.92. The number of aromatic nitrogens is 2. The number of ether oxygens (including phenoxy) is 1. The lowest BCUT2D eigenvalue weighted by Gasteiger charge is -2.18. The second-order valence-corrected chi connectivity index (χ2v) is 4.64. The Balaban J connectivity index is 2.84. The summed E-state index contributed by atoms with van der Waals surface area (Å²) in [5.74, 6) is -0.718. The van der Waals surface area contributed by atoms with Gasteiger partial charge in [-0.1, -0.05) is 20.8 Å². The van der Waals surface area contributed by atoms with Gasteiger partial charge in [0.2, 0.25) is 5.88 Å². The maximum atomic E-state index is 10.8. The van der Waals surface area contributed by atoms with Crippen LogP contribution in [-0.4, -0.2) is 27.5 Å². The van der Waals surface area contributed by atoms with Crippen molar-refractivity contribution in [3.8, 4) is 5.88 Å². The molecule has 0 atom stereocenters. The molecule has 1 heterocycles. The molecule has 1 N–H and O–H groups in total. The minimum Gasteiger partial charge on any atom is -0.477 e. The lowest BCUT2D eigenvalue weighted by molar-refractivity contribution is 0.0688. The molecule has 15 heavy (non-hydrogen) atoms. The predicted molar refractivity (Wildman–Crippen MR) is 55.1 cm³/mol. The van der Waals surface area contributed by atoms with E-state index in [1.165, 1.54) is 10.9 Å². The van der Waals surface area contributed by atoms with Gasteiger partial charge in [0.15, 0.2) is 0 Å². The Morgan fingerprint density at radius 3 is 2.67 bits per heavy atom. The highest BCUT2D eigenvalue weighted by molar-refractivity contribution is 5.89. The van der Waals surface area contributed by atoms with E-state index < -0.39 is 5.97 Å². The molecule has 0 saturated heterocycles. The van der Waals surface area contributed by atoms with E-state index in [1.807, 2.05) is 20.8 Å². The van der Waals surface area contributed by atoms with Gasteiger partial charge in [0.05, 0.1) is 12.8 Å². The van der Waals surface area contributed by atoms with Gasteiger partial charge >= 0.3 is 5.97 Å². The first-order valence-corrected chi connectivity index (χ1v) is 4.69. The number of carbonyl (C=O) groups is 1. The number of carboxylic acids is 1. The highest BCUT2D eigenvalue weighted by Gasteiger charge is 2.19. The molecule has 0 aliphatic rings. The van der Waals surface area contributed by atoms with Crippen molar-refractivity contribution >= 4 is 5.97 Å². The van der Waals surface area contributed by atoms with E-state index >= 15 is 0 Å². The molecule has 84 valence electrons. The van der Waals surface area contributed by atoms with Crippen LogP contribution in [0.15, 0.2) is 6.20 Å². The van der Waals surface area contributed by atoms with Crippen molar-refractivity contribution in [2.24, 2.45) is 12.5 Å². The van der Waals surface area contributed by atoms with E-state index in [9.17, 15) is 4.79 Å². The molecule has 0 saturated carbocycles. The molecule has 0 aromatic carbocycles. The fraction of sp³-hybridized carbons (Fsp3) is 0.600. The van der Waals surface area contributed by atoms with Crippen LogP contribution < -0.4 is 4.74 Å². The van der Waals surface area contributed by atoms with Crippen molar-refractivity contribution in [3.05, 3.63) is 11.8 Å². The molecular formula is C10H16N2O3. The molecule has 0 amide bonds. The maximum absolute atomic E-state index is 10.8. The Labute approximate surface area is 88.7 Å². The first-order chi connectivity index (χ1) is 6.81. The van der Waals surface area contributed by atoms with Crippen molar-refractivity contribution in [1.82, 2.24) is 9.78 Å². The van der Waals surface area contributed by atoms with Gasteiger partial charge in [0.1, 0.15) is 5.56 Å². The SMILES string of the molecule is Cn1ncc(C(=O)O)c1OCC(C)(C)C. The first-order valence-electron chi connectivity index (χ1n) is 4.69. The van der Waals surface area contributed by atoms with Crippen LogP contribution in [0.1, 0.15) is 31.1 Å². The number of hydrogen-bond donors (Lipinski definition) is 1. The summed E-state index contributed by atoms with van der Waals surface area (Å²) in [6.07, 6.45) is 1.29. The maximum Gasteiger partial charge on any atom is 0.342 e. The van der Waals surface area contributed by atoms with Crippen molar-refractivity contribution in [1.29, 1.82) is 0 Å². The number of carboxylic acid groups (broad SMARTS) is 1. The Bertz CT molecular complexity index is 363. The molecule has 1 aromatic heterocycles. The minimum absolute atomic E-state index is 0.0138. The van der Waals surface area contributed by atoms with Crippen molar-refractivity contribution in [2.75, 3.05) is 6.61 Å². The van der Waals surface area contributed by atoms with Gasteiger partial charge in [0, 0.05) is 7.05 Å². The van der Waals surface area contributed by atoms with E-state index in [-0.39, 0.29) is 11.0 Å². The third-order valence-electron chi connectivity index (χ3n) is 1.76. The molecule has 0 unspecified atom stereocenters. The van der Waals surface area contributed by atoms with Crippen molar-refractivity contribution in [3.63, 3.8) is 0 Å². The summed E-state index contributed by atoms with van der Waals surface area (Å²) in [6, 6.07) is 0. The van der Waals surface area contributed by atoms with E-state index in [1.54, 1.807) is 7.05 Å². The third-order valence-corrected chi connectivity index (χ3v) is 1.76. The lowest BCUT2D eigenvalue weighted by atomic mass is 9.99. The molecule has 1 aromatic rings. The van der Waals surface area contributed by atoms with Crippen LogP contribution in [0.5, 0.6) is 5.88 Å². The number of aromatic carboxylic acids is 1. The van der Waals surface area contributed by atoms with Gasteiger partial charge in [-0.2, -0.15) is 5.10 Å². The number of nitrogens with zero attached hydrogens (tertiary/aromatic N) is 2. The summed E-state index contributed by atoms with van der Waals surface area (Å²) in [5, 5.41) is 12.7. The topological polar surface area (TPSA) is 64.4 Å². The van der Waals surface area contributed by atoms with Crippen LogP contribution in [0, 0.1) is 5.41 Å². The van der Waals surface area contributed by atoms with Crippen LogP contribution in [0.25, 0.3) is 0 Å². The monoisotopic (exact) mass is 212 g/mol. The van der Waals surface area contributed by atoms with Gasteiger partial charge in [-0.25, -0.2) is 9.48 Å². The summed E-state index contributed by atoms with van der Waals surface area (Å²) in [6.45, 7) is 6.50. The zero-order chi connectivity index (χ0) is 11.6. The van der Waals surface area contributed by atoms with Crippen LogP contribution in [0.3, 0.4) is 0 Å². The van der Waals surface area contributed by atoms with Crippen LogP contribution >= 0.6 is 0 Å². The van der Waals surface area contributed by atoms with Gasteiger partial charge < -0.3 is 9.84 Å². The fourth-order valence-corrected chi connectivity index (χ4v) is 1.03. The summed E-state index contributed by atoms with van der Waals surface area (Å²) in [7, 11) is 1.66. The average molecular weight is 212 g/mol. The van der Waals surface area contributed by atoms with Gasteiger partial charge in [-0.05, 0) is 5.41 Å². The molecule has 0 aliphatic heterocycles. The van der Waals surface area contributed by atoms with E-state index in [4.69, 9.17) is 9.84 Å². The molecule has 5 heteroatoms. The Kier molecular flexibility index (Phi) is 3.02. The summed E-state index contributed by atoms with van der Waals surface area (Å²) in [5.41, 5.74) is 0.0850. The van der Waals surface area contributed by atoms with E-state index in [0.717, 1.165) is 0 Å². The van der Waals surface area contributed by atoms with Crippen LogP contribution in [0.4, 0.5) is 0 Å². The Morgan fingerprint density at radius 2 is 2.20 bits per heavy atom. The smallest absolute Gasteiger partial charge is 0.342 e. The molecule has 0 radical (unpaired) electrons. The Hall–Kier alpha value is -1.52. The second-order valence-electron chi connectivity index (χ2n) is 4.64. The highest BCUT2D eigenvalue weighted by atomic mass is 16.5. The van der Waals surface area contributed by atoms with Gasteiger partial charge in [0.25, 0.3) is 0 Å². The van der Waals surface area contributed by atoms with E-state index in [0.29, 0.717) is 12.5 Å². The number of rotatable bonds is 3. The molecule has 5 nitrogen and oxygen atoms in total. The van der Waals surface area contributed by atoms with Crippen LogP contribution in [-0.2, 0) is 7.05 Å². The number of aryl methyl sites for hydroxylation is 1. The normalized spacial score (nSPS) is 11.5. The largest absolute Gasteiger partial charge is 0.477 e. The lowest BCUT2D eigenvalue weighted by Crippen LogP contribution is -2.19. The quantitative estimate of drug-likeness (QED) is 0.825. The Morgan fingerprint density at radius 1 is 1.60 bits per heavy atom. The predicted octanol–water partition coefficient (Wildman–Crippen LogP) is 1.54. The zero-order valence-corrected chi connectivity index (χ0v) is 9.44. The van der Waals surface area contributed by atoms with Gasteiger partial charge in [-0.15, -0.1) is 0 Å². The van der Waals surface area contributed by atoms with Crippen molar-refractivity contribution in [2.45, 2.75) is 20.8 Å². The van der Waals surface area contributed by atoms with E-state index in [2.05, 4.69) is 5.10 Å². The highest BCUT2D eigenvalue weighted by Crippen LogP contribution is 2.20. The molecule has 1 rings (SSSR count). The molecule has 0 aliphatic carbocycles.